The van der Waals surface area contributed by atoms with Gasteiger partial charge in [0.05, 0.1) is 5.69 Å². The second kappa shape index (κ2) is 8.01. The Kier molecular flexibility index (Phi) is 5.12. The molecule has 2 aromatic carbocycles. The summed E-state index contributed by atoms with van der Waals surface area (Å²) in [6, 6.07) is 27.2. The Morgan fingerprint density at radius 1 is 0.667 bits per heavy atom. The Balaban J connectivity index is 1.78. The van der Waals surface area contributed by atoms with Gasteiger partial charge in [-0.1, -0.05) is 46.3 Å². The van der Waals surface area contributed by atoms with Gasteiger partial charge in [0.25, 0.3) is 0 Å². The summed E-state index contributed by atoms with van der Waals surface area (Å²) in [5.41, 5.74) is 0.896. The standard InChI is InChI=1S/C22H16BrN3O/c23-17-14-18(16-20(15-17)27-19-8-2-1-3-9-19)26(21-10-4-6-12-24-21)22-11-5-7-13-25-22/h1-16H. The average Bonchev–Trinajstić information content (AvgIpc) is 2.70. The largest absolute Gasteiger partial charge is 0.457 e. The highest BCUT2D eigenvalue weighted by atomic mass is 79.9. The number of ether oxygens (including phenoxy) is 1. The third-order valence-corrected chi connectivity index (χ3v) is 4.31. The van der Waals surface area contributed by atoms with Crippen LogP contribution < -0.4 is 9.64 Å². The first-order chi connectivity index (χ1) is 13.3. The van der Waals surface area contributed by atoms with Gasteiger partial charge >= 0.3 is 0 Å². The second-order valence-electron chi connectivity index (χ2n) is 5.77. The minimum Gasteiger partial charge on any atom is -0.457 e. The van der Waals surface area contributed by atoms with Crippen molar-refractivity contribution < 1.29 is 4.74 Å². The van der Waals surface area contributed by atoms with Gasteiger partial charge in [0.15, 0.2) is 0 Å². The minimum absolute atomic E-state index is 0.724. The molecule has 0 aliphatic heterocycles. The molecular weight excluding hydrogens is 402 g/mol. The van der Waals surface area contributed by atoms with Crippen LogP contribution in [0.15, 0.2) is 102 Å². The van der Waals surface area contributed by atoms with Crippen LogP contribution in [0.4, 0.5) is 17.3 Å². The number of rotatable bonds is 5. The lowest BCUT2D eigenvalue weighted by atomic mass is 10.2. The molecule has 0 fully saturated rings. The van der Waals surface area contributed by atoms with E-state index in [1.165, 1.54) is 0 Å². The van der Waals surface area contributed by atoms with Gasteiger partial charge in [-0.25, -0.2) is 9.97 Å². The van der Waals surface area contributed by atoms with Crippen LogP contribution in [-0.2, 0) is 0 Å². The van der Waals surface area contributed by atoms with Crippen molar-refractivity contribution in [3.63, 3.8) is 0 Å². The van der Waals surface area contributed by atoms with Crippen molar-refractivity contribution in [2.24, 2.45) is 0 Å². The smallest absolute Gasteiger partial charge is 0.138 e. The highest BCUT2D eigenvalue weighted by molar-refractivity contribution is 9.10. The lowest BCUT2D eigenvalue weighted by Crippen LogP contribution is -2.12. The van der Waals surface area contributed by atoms with E-state index in [9.17, 15) is 0 Å². The Morgan fingerprint density at radius 3 is 1.89 bits per heavy atom. The number of aromatic nitrogens is 2. The first kappa shape index (κ1) is 17.2. The lowest BCUT2D eigenvalue weighted by molar-refractivity contribution is 0.482. The first-order valence-electron chi connectivity index (χ1n) is 8.45. The molecule has 4 rings (SSSR count). The number of nitrogens with zero attached hydrogens (tertiary/aromatic N) is 3. The number of hydrogen-bond donors (Lipinski definition) is 0. The molecule has 132 valence electrons. The molecule has 4 aromatic rings. The van der Waals surface area contributed by atoms with Gasteiger partial charge in [0.2, 0.25) is 0 Å². The number of halogens is 1. The third-order valence-electron chi connectivity index (χ3n) is 3.85. The topological polar surface area (TPSA) is 38.2 Å². The summed E-state index contributed by atoms with van der Waals surface area (Å²) in [5.74, 6) is 3.06. The monoisotopic (exact) mass is 417 g/mol. The highest BCUT2D eigenvalue weighted by Crippen LogP contribution is 2.37. The maximum Gasteiger partial charge on any atom is 0.138 e. The maximum atomic E-state index is 6.02. The summed E-state index contributed by atoms with van der Waals surface area (Å²) < 4.78 is 6.93. The average molecular weight is 418 g/mol. The predicted octanol–water partition coefficient (Wildman–Crippen LogP) is 6.50. The Labute approximate surface area is 166 Å². The maximum absolute atomic E-state index is 6.02. The summed E-state index contributed by atoms with van der Waals surface area (Å²) in [7, 11) is 0. The van der Waals surface area contributed by atoms with Crippen LogP contribution in [0, 0.1) is 0 Å². The van der Waals surface area contributed by atoms with E-state index in [1.54, 1.807) is 12.4 Å². The van der Waals surface area contributed by atoms with Crippen molar-refractivity contribution in [2.75, 3.05) is 4.90 Å². The molecule has 0 aliphatic rings. The molecule has 2 aromatic heterocycles. The van der Waals surface area contributed by atoms with E-state index in [0.29, 0.717) is 0 Å². The van der Waals surface area contributed by atoms with Crippen LogP contribution in [0.1, 0.15) is 0 Å². The van der Waals surface area contributed by atoms with E-state index >= 15 is 0 Å². The second-order valence-corrected chi connectivity index (χ2v) is 6.69. The zero-order chi connectivity index (χ0) is 18.5. The molecule has 0 amide bonds. The van der Waals surface area contributed by atoms with E-state index in [4.69, 9.17) is 4.74 Å². The van der Waals surface area contributed by atoms with Crippen molar-refractivity contribution in [1.82, 2.24) is 9.97 Å². The van der Waals surface area contributed by atoms with Crippen molar-refractivity contribution >= 4 is 33.3 Å². The van der Waals surface area contributed by atoms with Gasteiger partial charge in [0.1, 0.15) is 23.1 Å². The van der Waals surface area contributed by atoms with Crippen molar-refractivity contribution in [3.8, 4) is 11.5 Å². The Morgan fingerprint density at radius 2 is 1.30 bits per heavy atom. The molecule has 0 bridgehead atoms. The Bertz CT molecular complexity index is 972. The molecule has 0 saturated heterocycles. The summed E-state index contributed by atoms with van der Waals surface area (Å²) >= 11 is 3.59. The van der Waals surface area contributed by atoms with Crippen molar-refractivity contribution in [1.29, 1.82) is 0 Å². The number of anilines is 3. The SMILES string of the molecule is Brc1cc(Oc2ccccc2)cc(N(c2ccccn2)c2ccccn2)c1. The molecule has 0 aliphatic carbocycles. The molecule has 0 N–H and O–H groups in total. The van der Waals surface area contributed by atoms with Gasteiger partial charge in [-0.05, 0) is 48.5 Å². The Hall–Kier alpha value is -3.18. The molecule has 2 heterocycles. The molecular formula is C22H16BrN3O. The normalized spacial score (nSPS) is 10.4. The summed E-state index contributed by atoms with van der Waals surface area (Å²) in [6.45, 7) is 0. The lowest BCUT2D eigenvalue weighted by Gasteiger charge is -2.23. The molecule has 4 nitrogen and oxygen atoms in total. The molecule has 0 spiro atoms. The zero-order valence-electron chi connectivity index (χ0n) is 14.4. The van der Waals surface area contributed by atoms with Crippen LogP contribution in [0.2, 0.25) is 0 Å². The van der Waals surface area contributed by atoms with E-state index in [2.05, 4.69) is 25.9 Å². The first-order valence-corrected chi connectivity index (χ1v) is 9.24. The predicted molar refractivity (Wildman–Crippen MR) is 111 cm³/mol. The van der Waals surface area contributed by atoms with Gasteiger partial charge in [-0.2, -0.15) is 0 Å². The number of pyridine rings is 2. The van der Waals surface area contributed by atoms with Crippen LogP contribution >= 0.6 is 15.9 Å². The summed E-state index contributed by atoms with van der Waals surface area (Å²) in [6.07, 6.45) is 3.54. The molecule has 0 atom stereocenters. The van der Waals surface area contributed by atoms with Crippen LogP contribution in [0.3, 0.4) is 0 Å². The number of benzene rings is 2. The van der Waals surface area contributed by atoms with Crippen LogP contribution in [0.5, 0.6) is 11.5 Å². The van der Waals surface area contributed by atoms with Crippen LogP contribution in [0.25, 0.3) is 0 Å². The van der Waals surface area contributed by atoms with E-state index in [1.807, 2.05) is 89.8 Å². The molecule has 0 radical (unpaired) electrons. The highest BCUT2D eigenvalue weighted by Gasteiger charge is 2.16. The fourth-order valence-electron chi connectivity index (χ4n) is 2.71. The molecule has 0 unspecified atom stereocenters. The number of para-hydroxylation sites is 1. The van der Waals surface area contributed by atoms with Gasteiger partial charge < -0.3 is 4.74 Å². The molecule has 27 heavy (non-hydrogen) atoms. The van der Waals surface area contributed by atoms with Gasteiger partial charge in [-0.3, -0.25) is 4.90 Å². The summed E-state index contributed by atoms with van der Waals surface area (Å²) in [5, 5.41) is 0. The molecule has 0 saturated carbocycles. The van der Waals surface area contributed by atoms with E-state index in [-0.39, 0.29) is 0 Å². The van der Waals surface area contributed by atoms with Crippen LogP contribution in [-0.4, -0.2) is 9.97 Å². The summed E-state index contributed by atoms with van der Waals surface area (Å²) in [4.78, 5) is 11.0. The number of hydrogen-bond acceptors (Lipinski definition) is 4. The quantitative estimate of drug-likeness (QED) is 0.371. The van der Waals surface area contributed by atoms with E-state index < -0.39 is 0 Å². The molecule has 5 heteroatoms. The third kappa shape index (κ3) is 4.15. The minimum atomic E-state index is 0.724. The van der Waals surface area contributed by atoms with Gasteiger partial charge in [-0.15, -0.1) is 0 Å². The van der Waals surface area contributed by atoms with Gasteiger partial charge in [0, 0.05) is 22.9 Å². The van der Waals surface area contributed by atoms with Crippen molar-refractivity contribution in [2.45, 2.75) is 0 Å². The fourth-order valence-corrected chi connectivity index (χ4v) is 3.17. The van der Waals surface area contributed by atoms with Crippen molar-refractivity contribution in [3.05, 3.63) is 102 Å². The zero-order valence-corrected chi connectivity index (χ0v) is 16.0. The fraction of sp³-hybridized carbons (Fsp3) is 0. The van der Waals surface area contributed by atoms with E-state index in [0.717, 1.165) is 33.3 Å².